The normalized spacial score (nSPS) is 16.5. The molecule has 0 aromatic heterocycles. The number of halogens is 6. The molecule has 269 valence electrons. The van der Waals surface area contributed by atoms with Crippen molar-refractivity contribution >= 4 is 29.3 Å². The van der Waals surface area contributed by atoms with E-state index < -0.39 is 50.1 Å². The van der Waals surface area contributed by atoms with Crippen molar-refractivity contribution in [2.45, 2.75) is 32.8 Å². The molecule has 2 atom stereocenters. The number of rotatable bonds is 7. The van der Waals surface area contributed by atoms with E-state index in [9.17, 15) is 26.3 Å². The maximum absolute atomic E-state index is 14.5. The van der Waals surface area contributed by atoms with Gasteiger partial charge in [-0.05, 0) is 0 Å². The van der Waals surface area contributed by atoms with Crippen LogP contribution in [-0.2, 0) is 33.0 Å². The van der Waals surface area contributed by atoms with Gasteiger partial charge in [-0.3, -0.25) is 0 Å². The van der Waals surface area contributed by atoms with Crippen molar-refractivity contribution in [1.29, 1.82) is 0 Å². The molecule has 6 aromatic carbocycles. The van der Waals surface area contributed by atoms with Gasteiger partial charge in [-0.2, -0.15) is 0 Å². The molecule has 2 unspecified atom stereocenters. The first kappa shape index (κ1) is 36.4. The topological polar surface area (TPSA) is 0 Å². The zero-order chi connectivity index (χ0) is 37.8. The summed E-state index contributed by atoms with van der Waals surface area (Å²) in [6.45, 7) is 4.80. The van der Waals surface area contributed by atoms with Crippen LogP contribution < -0.4 is 0 Å². The molecule has 0 nitrogen and oxygen atoms in total. The van der Waals surface area contributed by atoms with Crippen molar-refractivity contribution in [1.82, 2.24) is 0 Å². The summed E-state index contributed by atoms with van der Waals surface area (Å²) < 4.78 is 86.8. The molecule has 0 amide bonds. The van der Waals surface area contributed by atoms with Crippen LogP contribution in [0.2, 0.25) is 13.1 Å². The van der Waals surface area contributed by atoms with Crippen molar-refractivity contribution in [3.63, 3.8) is 0 Å². The number of fused-ring (bicyclic) bond motifs is 2. The average molecular weight is 908 g/mol. The van der Waals surface area contributed by atoms with Crippen LogP contribution in [0.3, 0.4) is 0 Å². The third-order valence-electron chi connectivity index (χ3n) is 10.7. The van der Waals surface area contributed by atoms with Crippen LogP contribution >= 0.6 is 0 Å². The Labute approximate surface area is 319 Å². The molecule has 0 spiro atoms. The van der Waals surface area contributed by atoms with Gasteiger partial charge in [-0.15, -0.1) is 0 Å². The molecule has 0 bridgehead atoms. The predicted molar refractivity (Wildman–Crippen MR) is 207 cm³/mol. The maximum atomic E-state index is 14.5. The molecule has 6 aromatic rings. The van der Waals surface area contributed by atoms with E-state index in [1.807, 2.05) is 48.5 Å². The first-order chi connectivity index (χ1) is 25.9. The second-order valence-corrected chi connectivity index (χ2v) is 42.1. The second-order valence-electron chi connectivity index (χ2n) is 14.2. The first-order valence-corrected chi connectivity index (χ1v) is 31.2. The van der Waals surface area contributed by atoms with Crippen molar-refractivity contribution in [2.24, 2.45) is 0 Å². The Morgan fingerprint density at radius 1 is 0.426 bits per heavy atom. The number of hydrogen-bond acceptors (Lipinski definition) is 0. The minimum absolute atomic E-state index is 0.0197. The summed E-state index contributed by atoms with van der Waals surface area (Å²) >= 11 is -3.22. The van der Waals surface area contributed by atoms with Crippen molar-refractivity contribution in [3.8, 4) is 22.3 Å². The number of benzene rings is 6. The predicted octanol–water partition coefficient (Wildman–Crippen LogP) is 13.6. The van der Waals surface area contributed by atoms with E-state index in [4.69, 9.17) is 0 Å². The van der Waals surface area contributed by atoms with Crippen LogP contribution in [-0.4, -0.2) is 5.98 Å². The van der Waals surface area contributed by atoms with E-state index in [0.717, 1.165) is 56.7 Å². The van der Waals surface area contributed by atoms with Crippen LogP contribution in [0.5, 0.6) is 0 Å². The van der Waals surface area contributed by atoms with E-state index in [-0.39, 0.29) is 18.5 Å². The molecular weight excluding hydrogens is 873 g/mol. The van der Waals surface area contributed by atoms with Gasteiger partial charge in [-0.1, -0.05) is 0 Å². The molecule has 0 N–H and O–H groups in total. The Balaban J connectivity index is 1.38. The monoisotopic (exact) mass is 909 g/mol. The molecule has 2 aliphatic rings. The van der Waals surface area contributed by atoms with E-state index in [2.05, 4.69) is 61.6 Å². The fraction of sp³-hybridized carbons (Fsp3) is 0.130. The van der Waals surface area contributed by atoms with Crippen LogP contribution in [0.4, 0.5) is 26.3 Å². The van der Waals surface area contributed by atoms with Gasteiger partial charge in [0.2, 0.25) is 0 Å². The number of alkyl halides is 6. The average Bonchev–Trinajstić information content (AvgIpc) is 3.74. The Bertz CT molecular complexity index is 2240. The summed E-state index contributed by atoms with van der Waals surface area (Å²) in [5, 5.41) is 0. The van der Waals surface area contributed by atoms with E-state index in [0.29, 0.717) is 11.1 Å². The summed E-state index contributed by atoms with van der Waals surface area (Å²) in [6.07, 6.45) is -4.78. The van der Waals surface area contributed by atoms with Gasteiger partial charge in [0.1, 0.15) is 0 Å². The van der Waals surface area contributed by atoms with Crippen molar-refractivity contribution < 1.29 is 46.9 Å². The molecule has 0 fully saturated rings. The van der Waals surface area contributed by atoms with Gasteiger partial charge < -0.3 is 0 Å². The molecule has 0 radical (unpaired) electrons. The zero-order valence-corrected chi connectivity index (χ0v) is 34.3. The standard InChI is InChI=1S/2C22H14F3.C2H7Si.Hf/c2*23-22(24,25)21-12-5-4-10-19(21)18-11-6-9-16-13-17(14-20(16)18)15-7-2-1-3-8-15;1-3-2;/h2*1-14H;3H,1-2H3;. The SMILES string of the molecule is C[SiH](C)[Hf]([CH]1C(c2ccccc2)=Cc2c(-c3ccccc3C(F)(F)F)cccc21)[CH]1C(c2ccccc2)=Cc2c(-c3ccccc3C(F)(F)F)cccc21. The van der Waals surface area contributed by atoms with Gasteiger partial charge in [0.25, 0.3) is 0 Å². The van der Waals surface area contributed by atoms with Crippen LogP contribution in [0.15, 0.2) is 146 Å². The van der Waals surface area contributed by atoms with Gasteiger partial charge in [-0.25, -0.2) is 0 Å². The second kappa shape index (κ2) is 14.3. The van der Waals surface area contributed by atoms with Crippen LogP contribution in [0, 0.1) is 0 Å². The van der Waals surface area contributed by atoms with E-state index >= 15 is 0 Å². The van der Waals surface area contributed by atoms with E-state index in [1.54, 1.807) is 36.4 Å². The summed E-state index contributed by atoms with van der Waals surface area (Å²) in [6, 6.07) is 43.4. The first-order valence-electron chi connectivity index (χ1n) is 17.9. The summed E-state index contributed by atoms with van der Waals surface area (Å²) in [7, 11) is 0. The Morgan fingerprint density at radius 2 is 0.778 bits per heavy atom. The molecule has 2 aliphatic carbocycles. The van der Waals surface area contributed by atoms with E-state index in [1.165, 1.54) is 12.1 Å². The Morgan fingerprint density at radius 3 is 1.15 bits per heavy atom. The Hall–Kier alpha value is -4.53. The molecule has 54 heavy (non-hydrogen) atoms. The molecule has 0 aliphatic heterocycles. The fourth-order valence-corrected chi connectivity index (χ4v) is 40.1. The third-order valence-corrected chi connectivity index (χ3v) is 41.1. The van der Waals surface area contributed by atoms with Gasteiger partial charge >= 0.3 is 321 Å². The number of hydrogen-bond donors (Lipinski definition) is 0. The summed E-state index contributed by atoms with van der Waals surface area (Å²) in [4.78, 5) is 0. The van der Waals surface area contributed by atoms with Gasteiger partial charge in [0.05, 0.1) is 0 Å². The zero-order valence-electron chi connectivity index (χ0n) is 29.5. The summed E-state index contributed by atoms with van der Waals surface area (Å²) in [5.74, 6) is -1.52. The van der Waals surface area contributed by atoms with Crippen molar-refractivity contribution in [2.75, 3.05) is 0 Å². The van der Waals surface area contributed by atoms with Gasteiger partial charge in [0.15, 0.2) is 0 Å². The number of allylic oxidation sites excluding steroid dienone is 2. The van der Waals surface area contributed by atoms with Crippen LogP contribution in [0.25, 0.3) is 45.6 Å². The quantitative estimate of drug-likeness (QED) is 0.111. The molecule has 8 heteroatoms. The van der Waals surface area contributed by atoms with Gasteiger partial charge in [0, 0.05) is 0 Å². The Kier molecular flexibility index (Phi) is 9.63. The summed E-state index contributed by atoms with van der Waals surface area (Å²) in [5.41, 5.74) is 8.22. The minimum atomic E-state index is -4.53. The molecule has 8 rings (SSSR count). The molecular formula is C46H35F6HfSi. The third kappa shape index (κ3) is 6.51. The molecule has 0 saturated carbocycles. The van der Waals surface area contributed by atoms with Crippen LogP contribution in [0.1, 0.15) is 51.9 Å². The molecule has 0 heterocycles. The fourth-order valence-electron chi connectivity index (χ4n) is 8.52. The molecule has 0 saturated heterocycles. The van der Waals surface area contributed by atoms with Crippen molar-refractivity contribution in [3.05, 3.63) is 190 Å².